The number of aryl methyl sites for hydroxylation is 1. The summed E-state index contributed by atoms with van der Waals surface area (Å²) in [6, 6.07) is 0. The Morgan fingerprint density at radius 1 is 1.56 bits per heavy atom. The first-order valence-electron chi connectivity index (χ1n) is 5.98. The highest BCUT2D eigenvalue weighted by molar-refractivity contribution is 7.99. The molecule has 18 heavy (non-hydrogen) atoms. The Labute approximate surface area is 112 Å². The third-order valence-corrected chi connectivity index (χ3v) is 3.91. The summed E-state index contributed by atoms with van der Waals surface area (Å²) in [6.07, 6.45) is 2.69. The first kappa shape index (κ1) is 15.0. The molecule has 0 saturated heterocycles. The first-order chi connectivity index (χ1) is 8.48. The van der Waals surface area contributed by atoms with Crippen molar-refractivity contribution in [3.63, 3.8) is 0 Å². The van der Waals surface area contributed by atoms with E-state index in [1.54, 1.807) is 18.8 Å². The molecule has 1 aromatic rings. The molecule has 1 amide bonds. The van der Waals surface area contributed by atoms with E-state index < -0.39 is 5.54 Å². The van der Waals surface area contributed by atoms with Crippen molar-refractivity contribution in [2.45, 2.75) is 43.8 Å². The predicted octanol–water partition coefficient (Wildman–Crippen LogP) is 0.839. The molecule has 0 saturated carbocycles. The van der Waals surface area contributed by atoms with Crippen molar-refractivity contribution >= 4 is 17.7 Å². The quantitative estimate of drug-likeness (QED) is 0.481. The molecule has 0 bridgehead atoms. The van der Waals surface area contributed by atoms with Gasteiger partial charge < -0.3 is 11.1 Å². The van der Waals surface area contributed by atoms with Gasteiger partial charge in [-0.25, -0.2) is 4.98 Å². The van der Waals surface area contributed by atoms with Crippen LogP contribution in [0.5, 0.6) is 0 Å². The summed E-state index contributed by atoms with van der Waals surface area (Å²) in [5, 5.41) is 10.6. The van der Waals surface area contributed by atoms with Crippen LogP contribution in [0.4, 0.5) is 0 Å². The molecule has 7 heteroatoms. The van der Waals surface area contributed by atoms with Gasteiger partial charge in [-0.15, -0.1) is 5.10 Å². The van der Waals surface area contributed by atoms with Crippen molar-refractivity contribution in [1.29, 1.82) is 0 Å². The van der Waals surface area contributed by atoms with Crippen molar-refractivity contribution in [3.8, 4) is 0 Å². The van der Waals surface area contributed by atoms with E-state index in [1.165, 1.54) is 0 Å². The Hall–Kier alpha value is -1.08. The van der Waals surface area contributed by atoms with E-state index in [-0.39, 0.29) is 5.91 Å². The lowest BCUT2D eigenvalue weighted by Crippen LogP contribution is -2.51. The van der Waals surface area contributed by atoms with Gasteiger partial charge in [0.2, 0.25) is 11.1 Å². The number of aromatic amines is 1. The minimum atomic E-state index is -0.605. The average molecular weight is 271 g/mol. The number of carbonyl (C=O) groups is 1. The third kappa shape index (κ3) is 4.30. The Morgan fingerprint density at radius 3 is 2.78 bits per heavy atom. The summed E-state index contributed by atoms with van der Waals surface area (Å²) in [5.74, 6) is 1.46. The van der Waals surface area contributed by atoms with Crippen molar-refractivity contribution in [2.24, 2.45) is 5.73 Å². The summed E-state index contributed by atoms with van der Waals surface area (Å²) < 4.78 is 0. The number of nitrogens with two attached hydrogens (primary N) is 1. The Bertz CT molecular complexity index is 395. The molecule has 6 nitrogen and oxygen atoms in total. The summed E-state index contributed by atoms with van der Waals surface area (Å²) in [6.45, 7) is 3.71. The lowest BCUT2D eigenvalue weighted by Gasteiger charge is -2.25. The molecule has 4 N–H and O–H groups in total. The number of likely N-dealkylation sites (N-methyl/N-ethyl adjacent to an activating group) is 1. The van der Waals surface area contributed by atoms with Gasteiger partial charge in [-0.1, -0.05) is 18.2 Å². The number of amides is 1. The van der Waals surface area contributed by atoms with Crippen LogP contribution in [0, 0.1) is 6.92 Å². The molecule has 0 aliphatic carbocycles. The highest BCUT2D eigenvalue weighted by atomic mass is 32.2. The molecule has 0 spiro atoms. The summed E-state index contributed by atoms with van der Waals surface area (Å²) in [4.78, 5) is 15.5. The Kier molecular flexibility index (Phi) is 5.61. The van der Waals surface area contributed by atoms with Gasteiger partial charge in [-0.2, -0.15) is 0 Å². The fraction of sp³-hybridized carbons (Fsp3) is 0.727. The van der Waals surface area contributed by atoms with E-state index >= 15 is 0 Å². The van der Waals surface area contributed by atoms with Crippen molar-refractivity contribution in [1.82, 2.24) is 20.5 Å². The second kappa shape index (κ2) is 6.75. The van der Waals surface area contributed by atoms with Gasteiger partial charge in [-0.05, 0) is 33.7 Å². The molecular weight excluding hydrogens is 250 g/mol. The van der Waals surface area contributed by atoms with E-state index in [4.69, 9.17) is 5.73 Å². The largest absolute Gasteiger partial charge is 0.368 e. The Balaban J connectivity index is 2.20. The van der Waals surface area contributed by atoms with Crippen LogP contribution in [0.1, 0.15) is 32.0 Å². The van der Waals surface area contributed by atoms with Crippen LogP contribution in [-0.2, 0) is 4.79 Å². The number of primary amides is 1. The van der Waals surface area contributed by atoms with Gasteiger partial charge in [-0.3, -0.25) is 9.89 Å². The van der Waals surface area contributed by atoms with Gasteiger partial charge >= 0.3 is 0 Å². The molecule has 0 radical (unpaired) electrons. The number of aromatic nitrogens is 3. The normalized spacial score (nSPS) is 14.4. The maximum atomic E-state index is 11.3. The molecule has 0 fully saturated rings. The molecule has 1 heterocycles. The molecule has 1 rings (SSSR count). The zero-order chi connectivity index (χ0) is 13.6. The van der Waals surface area contributed by atoms with Gasteiger partial charge in [0.15, 0.2) is 0 Å². The van der Waals surface area contributed by atoms with Crippen LogP contribution < -0.4 is 11.1 Å². The fourth-order valence-electron chi connectivity index (χ4n) is 1.50. The minimum Gasteiger partial charge on any atom is -0.368 e. The summed E-state index contributed by atoms with van der Waals surface area (Å²) in [5.41, 5.74) is 4.75. The summed E-state index contributed by atoms with van der Waals surface area (Å²) in [7, 11) is 1.76. The number of unbranched alkanes of at least 4 members (excludes halogenated alkanes) is 1. The average Bonchev–Trinajstić information content (AvgIpc) is 2.74. The number of thioether (sulfide) groups is 1. The lowest BCUT2D eigenvalue weighted by molar-refractivity contribution is -0.123. The van der Waals surface area contributed by atoms with Gasteiger partial charge in [0.1, 0.15) is 5.82 Å². The van der Waals surface area contributed by atoms with Crippen LogP contribution in [0.3, 0.4) is 0 Å². The van der Waals surface area contributed by atoms with Crippen LogP contribution in [0.2, 0.25) is 0 Å². The van der Waals surface area contributed by atoms with Crippen molar-refractivity contribution < 1.29 is 4.79 Å². The van der Waals surface area contributed by atoms with Crippen LogP contribution in [0.25, 0.3) is 0 Å². The second-order valence-corrected chi connectivity index (χ2v) is 5.52. The number of nitrogens with one attached hydrogen (secondary N) is 2. The SMILES string of the molecule is CNC(C)(CCCCSc1n[nH]c(C)n1)C(N)=O. The monoisotopic (exact) mass is 271 g/mol. The van der Waals surface area contributed by atoms with E-state index in [0.717, 1.165) is 36.0 Å². The van der Waals surface area contributed by atoms with E-state index in [9.17, 15) is 4.79 Å². The number of hydrogen-bond acceptors (Lipinski definition) is 5. The maximum absolute atomic E-state index is 11.3. The second-order valence-electron chi connectivity index (χ2n) is 4.46. The first-order valence-corrected chi connectivity index (χ1v) is 6.97. The highest BCUT2D eigenvalue weighted by Gasteiger charge is 2.27. The van der Waals surface area contributed by atoms with Gasteiger partial charge in [0.05, 0.1) is 5.54 Å². The Morgan fingerprint density at radius 2 is 2.28 bits per heavy atom. The molecule has 0 aliphatic heterocycles. The predicted molar refractivity (Wildman–Crippen MR) is 72.4 cm³/mol. The molecular formula is C11H21N5OS. The number of hydrogen-bond donors (Lipinski definition) is 3. The highest BCUT2D eigenvalue weighted by Crippen LogP contribution is 2.18. The number of rotatable bonds is 8. The summed E-state index contributed by atoms with van der Waals surface area (Å²) >= 11 is 1.62. The number of H-pyrrole nitrogens is 1. The van der Waals surface area contributed by atoms with Crippen molar-refractivity contribution in [2.75, 3.05) is 12.8 Å². The number of carbonyl (C=O) groups excluding carboxylic acids is 1. The molecule has 102 valence electrons. The minimum absolute atomic E-state index is 0.303. The van der Waals surface area contributed by atoms with E-state index in [2.05, 4.69) is 20.5 Å². The topological polar surface area (TPSA) is 96.7 Å². The van der Waals surface area contributed by atoms with Crippen molar-refractivity contribution in [3.05, 3.63) is 5.82 Å². The molecule has 1 unspecified atom stereocenters. The lowest BCUT2D eigenvalue weighted by atomic mass is 9.94. The van der Waals surface area contributed by atoms with Crippen LogP contribution in [0.15, 0.2) is 5.16 Å². The van der Waals surface area contributed by atoms with Gasteiger partial charge in [0.25, 0.3) is 0 Å². The van der Waals surface area contributed by atoms with Crippen LogP contribution in [-0.4, -0.2) is 39.4 Å². The van der Waals surface area contributed by atoms with Gasteiger partial charge in [0, 0.05) is 5.75 Å². The standard InChI is InChI=1S/C11H21N5OS/c1-8-14-10(16-15-8)18-7-5-4-6-11(2,13-3)9(12)17/h13H,4-7H2,1-3H3,(H2,12,17)(H,14,15,16). The fourth-order valence-corrected chi connectivity index (χ4v) is 2.34. The van der Waals surface area contributed by atoms with E-state index in [0.29, 0.717) is 0 Å². The smallest absolute Gasteiger partial charge is 0.237 e. The molecule has 0 aromatic carbocycles. The zero-order valence-corrected chi connectivity index (χ0v) is 11.9. The maximum Gasteiger partial charge on any atom is 0.237 e. The van der Waals surface area contributed by atoms with Crippen LogP contribution >= 0.6 is 11.8 Å². The zero-order valence-electron chi connectivity index (χ0n) is 11.1. The molecule has 1 aromatic heterocycles. The van der Waals surface area contributed by atoms with E-state index in [1.807, 2.05) is 13.8 Å². The third-order valence-electron chi connectivity index (χ3n) is 2.97. The molecule has 1 atom stereocenters. The molecule has 0 aliphatic rings. The number of nitrogens with zero attached hydrogens (tertiary/aromatic N) is 2.